The van der Waals surface area contributed by atoms with Gasteiger partial charge in [-0.1, -0.05) is 322 Å². The first-order chi connectivity index (χ1) is 39.7. The van der Waals surface area contributed by atoms with Gasteiger partial charge in [0.15, 0.2) is 6.10 Å². The highest BCUT2D eigenvalue weighted by Gasteiger charge is 2.20. The number of aromatic hydroxyl groups is 1. The fourth-order valence-electron chi connectivity index (χ4n) is 10.6. The summed E-state index contributed by atoms with van der Waals surface area (Å²) < 4.78 is 16.9. The zero-order valence-corrected chi connectivity index (χ0v) is 53.6. The lowest BCUT2D eigenvalue weighted by atomic mass is 10.0. The number of aliphatic carboxylic acids is 1. The maximum absolute atomic E-state index is 12.8. The Morgan fingerprint density at radius 1 is 0.370 bits per heavy atom. The largest absolute Gasteiger partial charge is 0.508 e. The lowest BCUT2D eigenvalue weighted by Gasteiger charge is -2.18. The molecule has 0 saturated carbocycles. The van der Waals surface area contributed by atoms with Crippen LogP contribution in [0.2, 0.25) is 0 Å². The Bertz CT molecular complexity index is 1450. The second-order valence-electron chi connectivity index (χ2n) is 24.0. The van der Waals surface area contributed by atoms with Gasteiger partial charge in [-0.05, 0) is 56.3 Å². The van der Waals surface area contributed by atoms with Gasteiger partial charge in [-0.2, -0.15) is 0 Å². The second-order valence-corrected chi connectivity index (χ2v) is 24.0. The molecule has 0 aliphatic carbocycles. The van der Waals surface area contributed by atoms with Crippen LogP contribution < -0.4 is 5.32 Å². The van der Waals surface area contributed by atoms with Gasteiger partial charge in [0.2, 0.25) is 0 Å². The molecule has 0 aliphatic rings. The summed E-state index contributed by atoms with van der Waals surface area (Å²) in [7, 11) is 0. The number of carbonyl (C=O) groups excluding carboxylic acids is 3. The fraction of sp³-hybridized carbons (Fsp3) is 0.859. The molecule has 81 heavy (non-hydrogen) atoms. The number of carboxylic acids is 1. The number of carboxylic acid groups (broad SMARTS) is 1. The Labute approximate surface area is 499 Å². The number of unbranched alkanes of at least 4 members (excludes halogenated alkanes) is 44. The maximum Gasteiger partial charge on any atom is 0.321 e. The molecule has 0 radical (unpaired) electrons. The van der Waals surface area contributed by atoms with Gasteiger partial charge in [0.05, 0.1) is 0 Å². The van der Waals surface area contributed by atoms with Crippen molar-refractivity contribution in [2.75, 3.05) is 19.8 Å². The van der Waals surface area contributed by atoms with Crippen LogP contribution in [-0.2, 0) is 39.8 Å². The van der Waals surface area contributed by atoms with E-state index in [0.717, 1.165) is 89.2 Å². The van der Waals surface area contributed by atoms with Crippen molar-refractivity contribution in [1.29, 1.82) is 0 Å². The first-order valence-corrected chi connectivity index (χ1v) is 34.9. The number of hydrogen-bond acceptors (Lipinski definition) is 9. The van der Waals surface area contributed by atoms with Gasteiger partial charge in [-0.15, -0.1) is 0 Å². The molecule has 0 heterocycles. The van der Waals surface area contributed by atoms with E-state index in [0.29, 0.717) is 25.7 Å². The molecule has 0 bridgehead atoms. The summed E-state index contributed by atoms with van der Waals surface area (Å²) in [4.78, 5) is 49.2. The molecule has 1 atom stereocenters. The summed E-state index contributed by atoms with van der Waals surface area (Å²) in [5.41, 5.74) is 0.906. The SMILES string of the molecule is CCCCCCCCCCCCCCCCCC(=O)OCC(COC(=O)CCCCCCCCCCCCCCCCC)OC(=O)CCCCCCCCCCCCCCCCC.CCCCCNC(Cc1ccc(O)cc1)C(=O)O. The molecule has 3 N–H and O–H groups in total. The monoisotopic (exact) mass is 1140 g/mol. The van der Waals surface area contributed by atoms with Crippen LogP contribution in [0.25, 0.3) is 0 Å². The molecule has 0 aliphatic heterocycles. The van der Waals surface area contributed by atoms with Gasteiger partial charge in [0, 0.05) is 19.3 Å². The summed E-state index contributed by atoms with van der Waals surface area (Å²) in [6.07, 6.45) is 61.6. The van der Waals surface area contributed by atoms with Crippen molar-refractivity contribution < 1.29 is 43.6 Å². The quantitative estimate of drug-likeness (QED) is 0.0327. The van der Waals surface area contributed by atoms with E-state index in [2.05, 4.69) is 33.0 Å². The number of esters is 3. The van der Waals surface area contributed by atoms with Crippen LogP contribution in [0.3, 0.4) is 0 Å². The van der Waals surface area contributed by atoms with Crippen LogP contribution >= 0.6 is 0 Å². The fourth-order valence-corrected chi connectivity index (χ4v) is 10.6. The molecule has 474 valence electrons. The first kappa shape index (κ1) is 77.9. The van der Waals surface area contributed by atoms with Crippen LogP contribution in [0.1, 0.15) is 361 Å². The average Bonchev–Trinajstić information content (AvgIpc) is 3.46. The normalized spacial score (nSPS) is 11.6. The van der Waals surface area contributed by atoms with Gasteiger partial charge < -0.3 is 29.7 Å². The van der Waals surface area contributed by atoms with E-state index in [4.69, 9.17) is 24.4 Å². The van der Waals surface area contributed by atoms with Gasteiger partial charge in [0.25, 0.3) is 0 Å². The van der Waals surface area contributed by atoms with Crippen molar-refractivity contribution in [3.8, 4) is 5.75 Å². The van der Waals surface area contributed by atoms with Gasteiger partial charge in [-0.25, -0.2) is 0 Å². The van der Waals surface area contributed by atoms with Crippen LogP contribution in [-0.4, -0.2) is 66.0 Å². The maximum atomic E-state index is 12.8. The number of rotatable bonds is 61. The molecule has 0 amide bonds. The predicted molar refractivity (Wildman–Crippen MR) is 341 cm³/mol. The highest BCUT2D eigenvalue weighted by atomic mass is 16.6. The van der Waals surface area contributed by atoms with Crippen molar-refractivity contribution in [2.45, 2.75) is 374 Å². The number of hydrogen-bond donors (Lipinski definition) is 3. The van der Waals surface area contributed by atoms with Crippen molar-refractivity contribution in [1.82, 2.24) is 5.32 Å². The summed E-state index contributed by atoms with van der Waals surface area (Å²) in [6, 6.07) is 6.08. The number of phenolic OH excluding ortho intramolecular Hbond substituents is 1. The van der Waals surface area contributed by atoms with Gasteiger partial charge in [0.1, 0.15) is 25.0 Å². The number of nitrogens with one attached hydrogen (secondary N) is 1. The Morgan fingerprint density at radius 3 is 0.914 bits per heavy atom. The van der Waals surface area contributed by atoms with Crippen LogP contribution in [0.4, 0.5) is 0 Å². The molecule has 0 saturated heterocycles. The Kier molecular flexibility index (Phi) is 60.5. The third-order valence-corrected chi connectivity index (χ3v) is 16.0. The molecule has 10 heteroatoms. The average molecular weight is 1140 g/mol. The summed E-state index contributed by atoms with van der Waals surface area (Å²) in [5.74, 6) is -1.47. The van der Waals surface area contributed by atoms with E-state index in [1.807, 2.05) is 0 Å². The predicted octanol–water partition coefficient (Wildman–Crippen LogP) is 20.9. The Balaban J connectivity index is 0.00000298. The minimum atomic E-state index is -0.834. The second kappa shape index (κ2) is 62.9. The molecule has 0 spiro atoms. The molecule has 10 nitrogen and oxygen atoms in total. The Morgan fingerprint density at radius 2 is 0.630 bits per heavy atom. The van der Waals surface area contributed by atoms with Crippen molar-refractivity contribution >= 4 is 23.9 Å². The topological polar surface area (TPSA) is 148 Å². The molecular formula is C71H131NO9. The van der Waals surface area contributed by atoms with Crippen LogP contribution in [0.15, 0.2) is 24.3 Å². The van der Waals surface area contributed by atoms with Gasteiger partial charge in [-0.3, -0.25) is 19.2 Å². The van der Waals surface area contributed by atoms with E-state index in [1.54, 1.807) is 24.3 Å². The third kappa shape index (κ3) is 58.4. The molecule has 1 aromatic carbocycles. The number of benzene rings is 1. The van der Waals surface area contributed by atoms with Crippen LogP contribution in [0.5, 0.6) is 5.75 Å². The molecule has 0 fully saturated rings. The highest BCUT2D eigenvalue weighted by Crippen LogP contribution is 2.19. The third-order valence-electron chi connectivity index (χ3n) is 16.0. The minimum Gasteiger partial charge on any atom is -0.508 e. The smallest absolute Gasteiger partial charge is 0.321 e. The van der Waals surface area contributed by atoms with E-state index in [1.165, 1.54) is 231 Å². The molecule has 1 aromatic rings. The zero-order valence-electron chi connectivity index (χ0n) is 53.6. The van der Waals surface area contributed by atoms with Crippen LogP contribution in [0, 0.1) is 0 Å². The highest BCUT2D eigenvalue weighted by molar-refractivity contribution is 5.74. The standard InChI is InChI=1S/C57H110O6.C14H21NO3/c1-4-7-10-13-16-19-22-25-28-31-34-37-40-43-46-49-55(58)61-52-54(63-57(60)51-48-45-42-39-36-33-30-27-24-21-18-15-12-9-6-3)53-62-56(59)50-47-44-41-38-35-32-29-26-23-20-17-14-11-8-5-2;1-2-3-4-9-15-13(14(17)18)10-11-5-7-12(16)8-6-11/h54H,4-53H2,1-3H3;5-8,13,15-16H,2-4,9-10H2,1H3,(H,17,18). The van der Waals surface area contributed by atoms with E-state index < -0.39 is 18.1 Å². The summed E-state index contributed by atoms with van der Waals surface area (Å²) >= 11 is 0. The van der Waals surface area contributed by atoms with E-state index >= 15 is 0 Å². The van der Waals surface area contributed by atoms with Crippen molar-refractivity contribution in [3.05, 3.63) is 29.8 Å². The molecule has 0 aromatic heterocycles. The lowest BCUT2D eigenvalue weighted by Crippen LogP contribution is -2.39. The molecule has 1 unspecified atom stereocenters. The molecular weight excluding hydrogens is 1010 g/mol. The van der Waals surface area contributed by atoms with Crippen molar-refractivity contribution in [2.24, 2.45) is 0 Å². The number of carbonyl (C=O) groups is 4. The van der Waals surface area contributed by atoms with E-state index in [-0.39, 0.29) is 36.9 Å². The lowest BCUT2D eigenvalue weighted by molar-refractivity contribution is -0.167. The summed E-state index contributed by atoms with van der Waals surface area (Å²) in [6.45, 7) is 9.55. The number of ether oxygens (including phenoxy) is 3. The Hall–Kier alpha value is -3.14. The number of phenols is 1. The molecule has 1 rings (SSSR count). The summed E-state index contributed by atoms with van der Waals surface area (Å²) in [5, 5.41) is 21.4. The van der Waals surface area contributed by atoms with Crippen molar-refractivity contribution in [3.63, 3.8) is 0 Å². The minimum absolute atomic E-state index is 0.0611. The van der Waals surface area contributed by atoms with E-state index in [9.17, 15) is 19.2 Å². The first-order valence-electron chi connectivity index (χ1n) is 34.9. The zero-order chi connectivity index (χ0) is 59.2. The van der Waals surface area contributed by atoms with Gasteiger partial charge >= 0.3 is 23.9 Å².